The van der Waals surface area contributed by atoms with E-state index in [1.54, 1.807) is 7.11 Å². The van der Waals surface area contributed by atoms with Crippen molar-refractivity contribution in [2.24, 2.45) is 29.6 Å². The second-order valence-electron chi connectivity index (χ2n) is 32.7. The third-order valence-electron chi connectivity index (χ3n) is 19.6. The van der Waals surface area contributed by atoms with Crippen LogP contribution in [0.3, 0.4) is 0 Å². The van der Waals surface area contributed by atoms with E-state index < -0.39 is 95.4 Å². The molecule has 15 unspecified atom stereocenters. The summed E-state index contributed by atoms with van der Waals surface area (Å²) in [5, 5.41) is 0. The maximum Gasteiger partial charge on any atom is 0.638 e. The molecule has 0 aromatic heterocycles. The molecule has 0 bridgehead atoms. The van der Waals surface area contributed by atoms with Gasteiger partial charge in [0.05, 0.1) is 61.0 Å². The molecule has 0 N–H and O–H groups in total. The van der Waals surface area contributed by atoms with Crippen LogP contribution >= 0.6 is 0 Å². The largest absolute Gasteiger partial charge is 0.638 e. The molecule has 15 atom stereocenters. The lowest BCUT2D eigenvalue weighted by atomic mass is 9.88. The predicted molar refractivity (Wildman–Crippen MR) is 390 cm³/mol. The first-order chi connectivity index (χ1) is 41.5. The van der Waals surface area contributed by atoms with Gasteiger partial charge in [-0.3, -0.25) is 0 Å². The number of allylic oxidation sites excluding steroid dienone is 1. The summed E-state index contributed by atoms with van der Waals surface area (Å²) in [6, 6.07) is 4.47. The van der Waals surface area contributed by atoms with Crippen LogP contribution in [0.1, 0.15) is 122 Å². The van der Waals surface area contributed by atoms with E-state index in [0.29, 0.717) is 61.0 Å². The SMILES string of the molecule is C=CC1CCC2OC2C1.CO[Si](C)(C)O[Si](O[Si](C)(C)C)(O[Si](C)(C)CCC1CCC2OC2C1)O[Si](C)(C)CCC1CCC2OC2C1.C[SiH](C)O[SiH3].C[SiH](C)O[Si](O[SiH](C)C)(O[Si](C)(C)CCC1CCC2OC2C1)O[Si](C)(C)CCC1CCC2OC2C1.O=O. The Kier molecular flexibility index (Phi) is 30.7. The molecular formula is C60H130O17Si12. The maximum atomic E-state index is 7.20. The standard InChI is InChI=1S/C26H56O7Si5.C24H52O6Si5.C8H12O.C2H10OSi2.O2/c1-27-37(9,10)33-38(30-34(2,3)4,31-35(5,6)17-15-21-11-13-23-25(19-21)28-23)32-36(7,8)18-16-22-12-14-24-26(20-22)29-24;1-31(2)27-35(28-32(3)4,29-33(5,6)15-13-19-9-11-21-23(17-19)25-21)30-34(7,8)16-14-20-10-12-22-24(18-20)26-22;1-2-6-3-4-7-8(5-6)9-7;1-5(2)3-4;1-2/h21-26H,11-20H2,1-10H3;19-24,31-32H,9-18H2,1-8H3;2,6-8H,1,3-5H2;5H,1-2,4H3;. The lowest BCUT2D eigenvalue weighted by Gasteiger charge is -2.45. The Bertz CT molecular complexity index is 2030. The van der Waals surface area contributed by atoms with Gasteiger partial charge >= 0.3 is 26.7 Å². The van der Waals surface area contributed by atoms with E-state index in [1.165, 1.54) is 122 Å². The molecule has 5 aliphatic heterocycles. The molecule has 5 saturated heterocycles. The molecule has 0 aromatic rings. The molecule has 10 rings (SSSR count). The molecule has 0 aromatic carbocycles. The van der Waals surface area contributed by atoms with Gasteiger partial charge in [0, 0.05) is 17.0 Å². The summed E-state index contributed by atoms with van der Waals surface area (Å²) in [5.41, 5.74) is 0. The zero-order valence-corrected chi connectivity index (χ0v) is 73.3. The Labute approximate surface area is 558 Å². The maximum absolute atomic E-state index is 7.20. The smallest absolute Gasteiger partial charge is 0.466 e. The van der Waals surface area contributed by atoms with E-state index in [1.807, 2.05) is 0 Å². The monoisotopic (exact) mass is 1460 g/mol. The van der Waals surface area contributed by atoms with Crippen LogP contribution in [0, 0.1) is 39.5 Å². The Morgan fingerprint density at radius 3 is 0.921 bits per heavy atom. The molecular weight excluding hydrogens is 1330 g/mol. The molecule has 17 nitrogen and oxygen atoms in total. The van der Waals surface area contributed by atoms with Gasteiger partial charge < -0.3 is 65.1 Å². The van der Waals surface area contributed by atoms with Gasteiger partial charge in [-0.05, 0) is 274 Å². The van der Waals surface area contributed by atoms with Gasteiger partial charge in [-0.2, -0.15) is 0 Å². The van der Waals surface area contributed by atoms with Crippen LogP contribution in [-0.2, 0) is 65.1 Å². The Balaban J connectivity index is 0.000000227. The second kappa shape index (κ2) is 34.4. The summed E-state index contributed by atoms with van der Waals surface area (Å²) in [5.74, 6) is 3.79. The van der Waals surface area contributed by atoms with Gasteiger partial charge in [-0.15, -0.1) is 6.58 Å². The van der Waals surface area contributed by atoms with Crippen molar-refractivity contribution >= 4 is 106 Å². The number of fused-ring (bicyclic) bond motifs is 5. The highest BCUT2D eigenvalue weighted by Gasteiger charge is 2.59. The topological polar surface area (TPSA) is 189 Å². The zero-order chi connectivity index (χ0) is 66.0. The molecule has 0 spiro atoms. The predicted octanol–water partition coefficient (Wildman–Crippen LogP) is 13.9. The minimum absolute atomic E-state index is 0.525. The summed E-state index contributed by atoms with van der Waals surface area (Å²) in [6.07, 6.45) is 31.4. The Morgan fingerprint density at radius 1 is 0.404 bits per heavy atom. The van der Waals surface area contributed by atoms with E-state index in [2.05, 4.69) is 137 Å². The van der Waals surface area contributed by atoms with Crippen molar-refractivity contribution in [3.8, 4) is 0 Å². The fourth-order valence-electron chi connectivity index (χ4n) is 14.0. The van der Waals surface area contributed by atoms with E-state index in [0.717, 1.165) is 64.3 Å². The fraction of sp³-hybridized carbons (Fsp3) is 0.967. The normalized spacial score (nSPS) is 32.7. The summed E-state index contributed by atoms with van der Waals surface area (Å²) in [6.45, 7) is 46.6. The highest BCUT2D eigenvalue weighted by molar-refractivity contribution is 6.91. The summed E-state index contributed by atoms with van der Waals surface area (Å²) >= 11 is 0. The first kappa shape index (κ1) is 79.3. The Morgan fingerprint density at radius 2 is 0.685 bits per heavy atom. The average molecular weight is 1460 g/mol. The first-order valence-electron chi connectivity index (χ1n) is 35.2. The molecule has 89 heavy (non-hydrogen) atoms. The van der Waals surface area contributed by atoms with Crippen LogP contribution in [0.2, 0.25) is 149 Å². The number of epoxide rings is 5. The lowest BCUT2D eigenvalue weighted by Crippen LogP contribution is -2.66. The molecule has 520 valence electrons. The van der Waals surface area contributed by atoms with Crippen molar-refractivity contribution in [3.05, 3.63) is 22.6 Å². The second-order valence-corrected chi connectivity index (χ2v) is 73.2. The molecule has 5 saturated carbocycles. The van der Waals surface area contributed by atoms with Crippen LogP contribution in [0.15, 0.2) is 12.7 Å². The number of rotatable bonds is 31. The average Bonchev–Trinajstić information content (AvgIpc) is 2.20. The van der Waals surface area contributed by atoms with Crippen molar-refractivity contribution in [2.45, 2.75) is 332 Å². The molecule has 0 amide bonds. The Hall–Kier alpha value is 1.34. The number of hydrogen-bond donors (Lipinski definition) is 0. The van der Waals surface area contributed by atoms with Gasteiger partial charge in [-0.25, -0.2) is 0 Å². The van der Waals surface area contributed by atoms with Gasteiger partial charge in [0.1, 0.15) is 10.5 Å². The van der Waals surface area contributed by atoms with Gasteiger partial charge in [-0.1, -0.05) is 31.8 Å². The number of ether oxygens (including phenoxy) is 5. The van der Waals surface area contributed by atoms with Crippen LogP contribution in [-0.4, -0.2) is 174 Å². The van der Waals surface area contributed by atoms with E-state index in [9.17, 15) is 0 Å². The summed E-state index contributed by atoms with van der Waals surface area (Å²) in [4.78, 5) is 14.0. The minimum atomic E-state index is -3.47. The summed E-state index contributed by atoms with van der Waals surface area (Å²) < 4.78 is 95.3. The molecule has 0 radical (unpaired) electrons. The molecule has 29 heteroatoms. The van der Waals surface area contributed by atoms with E-state index in [4.69, 9.17) is 75.1 Å². The van der Waals surface area contributed by atoms with Crippen molar-refractivity contribution < 1.29 is 65.1 Å². The van der Waals surface area contributed by atoms with Gasteiger partial charge in [0.25, 0.3) is 0 Å². The van der Waals surface area contributed by atoms with Crippen molar-refractivity contribution in [3.63, 3.8) is 0 Å². The van der Waals surface area contributed by atoms with Gasteiger partial charge in [0.15, 0.2) is 68.7 Å². The van der Waals surface area contributed by atoms with Gasteiger partial charge in [0.2, 0.25) is 0 Å². The first-order valence-corrected chi connectivity index (χ1v) is 66.3. The van der Waals surface area contributed by atoms with E-state index >= 15 is 0 Å². The lowest BCUT2D eigenvalue weighted by molar-refractivity contribution is 0.125. The van der Waals surface area contributed by atoms with E-state index in [-0.39, 0.29) is 0 Å². The third kappa shape index (κ3) is 29.0. The van der Waals surface area contributed by atoms with Crippen LogP contribution in [0.5, 0.6) is 0 Å². The quantitative estimate of drug-likeness (QED) is 0.0362. The molecule has 10 aliphatic rings. The fourth-order valence-corrected chi connectivity index (χ4v) is 48.2. The highest BCUT2D eigenvalue weighted by atomic mass is 28.5. The van der Waals surface area contributed by atoms with Crippen LogP contribution in [0.25, 0.3) is 0 Å². The van der Waals surface area contributed by atoms with Crippen molar-refractivity contribution in [1.82, 2.24) is 0 Å². The van der Waals surface area contributed by atoms with Crippen molar-refractivity contribution in [1.29, 1.82) is 0 Å². The molecule has 5 heterocycles. The van der Waals surface area contributed by atoms with Crippen LogP contribution in [0.4, 0.5) is 0 Å². The van der Waals surface area contributed by atoms with Crippen LogP contribution < -0.4 is 0 Å². The molecule has 5 aliphatic carbocycles. The summed E-state index contributed by atoms with van der Waals surface area (Å²) in [7, 11) is -20.3. The number of hydrogen-bond acceptors (Lipinski definition) is 17. The zero-order valence-electron chi connectivity index (χ0n) is 59.9. The third-order valence-corrected chi connectivity index (χ3v) is 55.6. The molecule has 10 fully saturated rings. The highest BCUT2D eigenvalue weighted by Crippen LogP contribution is 2.47. The minimum Gasteiger partial charge on any atom is -0.466 e. The van der Waals surface area contributed by atoms with Crippen molar-refractivity contribution in [2.75, 3.05) is 7.11 Å².